The lowest BCUT2D eigenvalue weighted by Gasteiger charge is -2.36. The van der Waals surface area contributed by atoms with Crippen LogP contribution >= 0.6 is 11.8 Å². The lowest BCUT2D eigenvalue weighted by molar-refractivity contribution is -0.234. The Morgan fingerprint density at radius 1 is 0.870 bits per heavy atom. The highest BCUT2D eigenvalue weighted by Crippen LogP contribution is 2.62. The van der Waals surface area contributed by atoms with Gasteiger partial charge in [0, 0.05) is 23.8 Å². The molecule has 2 bridgehead atoms. The smallest absolute Gasteiger partial charge is 0.203 e. The van der Waals surface area contributed by atoms with Crippen molar-refractivity contribution in [3.63, 3.8) is 0 Å². The van der Waals surface area contributed by atoms with Gasteiger partial charge in [-0.2, -0.15) is 0 Å². The van der Waals surface area contributed by atoms with Gasteiger partial charge >= 0.3 is 0 Å². The molecule has 2 fully saturated rings. The first-order valence-electron chi connectivity index (χ1n) is 16.0. The van der Waals surface area contributed by atoms with Gasteiger partial charge in [-0.15, -0.1) is 11.8 Å². The van der Waals surface area contributed by atoms with Crippen LogP contribution in [0.4, 0.5) is 0 Å². The minimum Gasteiger partial charge on any atom is -0.493 e. The molecule has 5 rings (SSSR count). The first-order valence-corrected chi connectivity index (χ1v) is 19.9. The van der Waals surface area contributed by atoms with Crippen molar-refractivity contribution in [1.82, 2.24) is 0 Å². The molecular weight excluding hydrogens is 625 g/mol. The molecule has 0 spiro atoms. The van der Waals surface area contributed by atoms with E-state index >= 15 is 0 Å². The first-order chi connectivity index (χ1) is 21.8. The molecule has 2 aromatic rings. The quantitative estimate of drug-likeness (QED) is 0.0967. The predicted molar refractivity (Wildman–Crippen MR) is 181 cm³/mol. The SMILES string of the molecule is CCCOc1c(OC)cc([C@@]2(O)O[C@H](c3cc(OC)c(OC)c(OC)c3)[C@@H]3[C@H]2[C@H]2C=C[C@@H]3O2)cc1SCCO[Si](C)(C)C(C)(C)C. The second-order valence-corrected chi connectivity index (χ2v) is 19.5. The van der Waals surface area contributed by atoms with Crippen molar-refractivity contribution in [1.29, 1.82) is 0 Å². The van der Waals surface area contributed by atoms with Crippen LogP contribution in [0, 0.1) is 11.8 Å². The molecule has 0 radical (unpaired) electrons. The summed E-state index contributed by atoms with van der Waals surface area (Å²) in [7, 11) is 4.47. The Labute approximate surface area is 279 Å². The Morgan fingerprint density at radius 3 is 2.09 bits per heavy atom. The molecule has 2 saturated heterocycles. The van der Waals surface area contributed by atoms with Gasteiger partial charge in [-0.1, -0.05) is 39.8 Å². The fourth-order valence-electron chi connectivity index (χ4n) is 6.40. The summed E-state index contributed by atoms with van der Waals surface area (Å²) in [6.45, 7) is 14.5. The first kappa shape index (κ1) is 34.9. The van der Waals surface area contributed by atoms with Crippen LogP contribution in [0.3, 0.4) is 0 Å². The van der Waals surface area contributed by atoms with Crippen molar-refractivity contribution in [2.75, 3.05) is 47.4 Å². The summed E-state index contributed by atoms with van der Waals surface area (Å²) in [5, 5.41) is 12.8. The van der Waals surface area contributed by atoms with Crippen LogP contribution in [-0.4, -0.2) is 73.0 Å². The van der Waals surface area contributed by atoms with Crippen LogP contribution in [-0.2, 0) is 19.7 Å². The summed E-state index contributed by atoms with van der Waals surface area (Å²) in [6.07, 6.45) is 3.93. The Balaban J connectivity index is 1.53. The van der Waals surface area contributed by atoms with Gasteiger partial charge in [0.2, 0.25) is 5.75 Å². The van der Waals surface area contributed by atoms with Gasteiger partial charge in [0.1, 0.15) is 0 Å². The van der Waals surface area contributed by atoms with E-state index in [1.165, 1.54) is 0 Å². The molecule has 0 amide bonds. The Kier molecular flexibility index (Phi) is 10.3. The van der Waals surface area contributed by atoms with Crippen molar-refractivity contribution in [2.45, 2.75) is 81.2 Å². The molecule has 1 N–H and O–H groups in total. The maximum atomic E-state index is 12.7. The third-order valence-corrected chi connectivity index (χ3v) is 15.3. The van der Waals surface area contributed by atoms with E-state index in [1.54, 1.807) is 40.2 Å². The van der Waals surface area contributed by atoms with E-state index in [-0.39, 0.29) is 29.1 Å². The molecule has 11 heteroatoms. The van der Waals surface area contributed by atoms with Crippen molar-refractivity contribution < 1.29 is 42.7 Å². The normalized spacial score (nSPS) is 26.7. The zero-order valence-corrected chi connectivity index (χ0v) is 30.6. The fourth-order valence-corrected chi connectivity index (χ4v) is 8.48. The number of thioether (sulfide) groups is 1. The van der Waals surface area contributed by atoms with Gasteiger partial charge < -0.3 is 42.7 Å². The second kappa shape index (κ2) is 13.6. The summed E-state index contributed by atoms with van der Waals surface area (Å²) in [6, 6.07) is 7.59. The number of hydrogen-bond donors (Lipinski definition) is 1. The van der Waals surface area contributed by atoms with Crippen LogP contribution < -0.4 is 23.7 Å². The van der Waals surface area contributed by atoms with Gasteiger partial charge in [-0.25, -0.2) is 0 Å². The number of hydrogen-bond acceptors (Lipinski definition) is 10. The molecule has 3 aliphatic rings. The van der Waals surface area contributed by atoms with Gasteiger partial charge in [0.15, 0.2) is 37.1 Å². The molecule has 254 valence electrons. The summed E-state index contributed by atoms with van der Waals surface area (Å²) < 4.78 is 48.6. The molecule has 0 aromatic heterocycles. The highest BCUT2D eigenvalue weighted by Gasteiger charge is 2.66. The minimum atomic E-state index is -1.90. The topological polar surface area (TPSA) is 94.1 Å². The standard InChI is InChI=1S/C35H50O9SSi/c1-11-14-41-33-27(39-7)19-22(20-28(33)45-16-15-42-46(9,10)34(2,3)4)35(36)30-24-13-12-23(43-24)29(30)31(44-35)21-17-25(37-5)32(40-8)26(18-21)38-6/h12-13,17-20,23-24,29-31,36H,11,14-16H2,1-10H3/t23-,24+,29-,30+,31+,35+/m0/s1. The average molecular weight is 675 g/mol. The molecule has 0 aliphatic carbocycles. The van der Waals surface area contributed by atoms with E-state index in [0.29, 0.717) is 47.5 Å². The van der Waals surface area contributed by atoms with Crippen molar-refractivity contribution >= 4 is 20.1 Å². The highest BCUT2D eigenvalue weighted by molar-refractivity contribution is 7.99. The molecule has 46 heavy (non-hydrogen) atoms. The molecule has 9 nitrogen and oxygen atoms in total. The van der Waals surface area contributed by atoms with E-state index in [4.69, 9.17) is 37.6 Å². The van der Waals surface area contributed by atoms with E-state index in [0.717, 1.165) is 22.6 Å². The van der Waals surface area contributed by atoms with Crippen molar-refractivity contribution in [3.8, 4) is 28.7 Å². The number of aliphatic hydroxyl groups is 1. The molecular formula is C35H50O9SSi. The number of ether oxygens (including phenoxy) is 7. The van der Waals surface area contributed by atoms with Crippen LogP contribution in [0.2, 0.25) is 18.1 Å². The third-order valence-electron chi connectivity index (χ3n) is 9.79. The van der Waals surface area contributed by atoms with Crippen LogP contribution in [0.5, 0.6) is 28.7 Å². The van der Waals surface area contributed by atoms with Gasteiger partial charge in [0.05, 0.1) is 64.2 Å². The van der Waals surface area contributed by atoms with E-state index in [9.17, 15) is 5.11 Å². The van der Waals surface area contributed by atoms with E-state index < -0.39 is 20.2 Å². The number of benzene rings is 2. The largest absolute Gasteiger partial charge is 0.493 e. The number of rotatable bonds is 14. The molecule has 2 aromatic carbocycles. The lowest BCUT2D eigenvalue weighted by Crippen LogP contribution is -2.41. The van der Waals surface area contributed by atoms with Crippen molar-refractivity contribution in [2.24, 2.45) is 11.8 Å². The summed E-state index contributed by atoms with van der Waals surface area (Å²) in [5.74, 6) is 1.26. The maximum Gasteiger partial charge on any atom is 0.203 e. The summed E-state index contributed by atoms with van der Waals surface area (Å²) >= 11 is 1.64. The zero-order valence-electron chi connectivity index (χ0n) is 28.8. The summed E-state index contributed by atoms with van der Waals surface area (Å²) in [5.41, 5.74) is 1.40. The van der Waals surface area contributed by atoms with Gasteiger partial charge in [-0.05, 0) is 54.4 Å². The van der Waals surface area contributed by atoms with Crippen LogP contribution in [0.25, 0.3) is 0 Å². The number of fused-ring (bicyclic) bond motifs is 5. The van der Waals surface area contributed by atoms with Gasteiger partial charge in [-0.3, -0.25) is 0 Å². The molecule has 3 aliphatic heterocycles. The molecule has 0 unspecified atom stereocenters. The highest BCUT2D eigenvalue weighted by atomic mass is 32.2. The number of methoxy groups -OCH3 is 4. The predicted octanol–water partition coefficient (Wildman–Crippen LogP) is 7.11. The molecule has 3 heterocycles. The second-order valence-electron chi connectivity index (χ2n) is 13.6. The van der Waals surface area contributed by atoms with E-state index in [2.05, 4.69) is 46.9 Å². The maximum absolute atomic E-state index is 12.7. The average Bonchev–Trinajstić information content (AvgIpc) is 3.74. The minimum absolute atomic E-state index is 0.126. The Hall–Kier alpha value is -2.41. The Bertz CT molecular complexity index is 1400. The molecule has 0 saturated carbocycles. The van der Waals surface area contributed by atoms with Crippen LogP contribution in [0.15, 0.2) is 41.3 Å². The Morgan fingerprint density at radius 2 is 1.50 bits per heavy atom. The molecule has 6 atom stereocenters. The van der Waals surface area contributed by atoms with Gasteiger partial charge in [0.25, 0.3) is 0 Å². The monoisotopic (exact) mass is 674 g/mol. The van der Waals surface area contributed by atoms with Crippen molar-refractivity contribution in [3.05, 3.63) is 47.5 Å². The lowest BCUT2D eigenvalue weighted by atomic mass is 9.74. The fraction of sp³-hybridized carbons (Fsp3) is 0.600. The third kappa shape index (κ3) is 6.26. The van der Waals surface area contributed by atoms with E-state index in [1.807, 2.05) is 30.3 Å². The summed E-state index contributed by atoms with van der Waals surface area (Å²) in [4.78, 5) is 0.867. The zero-order chi connectivity index (χ0) is 33.4. The van der Waals surface area contributed by atoms with Crippen LogP contribution in [0.1, 0.15) is 51.3 Å².